The van der Waals surface area contributed by atoms with E-state index in [4.69, 9.17) is 0 Å². The smallest absolute Gasteiger partial charge is 0.317 e. The topological polar surface area (TPSA) is 112 Å². The Morgan fingerprint density at radius 2 is 1.75 bits per heavy atom. The third-order valence-corrected chi connectivity index (χ3v) is 7.87. The van der Waals surface area contributed by atoms with Gasteiger partial charge in [0.2, 0.25) is 0 Å². The van der Waals surface area contributed by atoms with Crippen LogP contribution in [0.4, 0.5) is 13.2 Å². The minimum atomic E-state index is -4.64. The van der Waals surface area contributed by atoms with Gasteiger partial charge >= 0.3 is 16.2 Å². The fourth-order valence-electron chi connectivity index (χ4n) is 4.40. The molecule has 0 amide bonds. The Hall–Kier alpha value is -3.78. The molecule has 5 aromatic rings. The van der Waals surface area contributed by atoms with E-state index in [-0.39, 0.29) is 17.2 Å². The second-order valence-electron chi connectivity index (χ2n) is 8.55. The molecular weight excluding hydrogens is 497 g/mol. The van der Waals surface area contributed by atoms with E-state index < -0.39 is 26.8 Å². The van der Waals surface area contributed by atoms with E-state index in [9.17, 15) is 21.6 Å². The van der Waals surface area contributed by atoms with Crippen LogP contribution in [0, 0.1) is 0 Å². The fourth-order valence-corrected chi connectivity index (χ4v) is 5.73. The van der Waals surface area contributed by atoms with Gasteiger partial charge in [0.1, 0.15) is 16.7 Å². The highest BCUT2D eigenvalue weighted by Gasteiger charge is 2.32. The number of rotatable bonds is 4. The number of aromatic nitrogens is 7. The van der Waals surface area contributed by atoms with Crippen molar-refractivity contribution in [3.8, 4) is 11.1 Å². The van der Waals surface area contributed by atoms with Gasteiger partial charge in [0, 0.05) is 29.7 Å². The van der Waals surface area contributed by atoms with Crippen LogP contribution in [0.3, 0.4) is 0 Å². The van der Waals surface area contributed by atoms with Gasteiger partial charge in [-0.2, -0.15) is 35.9 Å². The summed E-state index contributed by atoms with van der Waals surface area (Å²) in [5.41, 5.74) is 0.961. The summed E-state index contributed by atoms with van der Waals surface area (Å²) in [5, 5.41) is 11.3. The van der Waals surface area contributed by atoms with Gasteiger partial charge in [-0.05, 0) is 44.1 Å². The zero-order valence-corrected chi connectivity index (χ0v) is 19.4. The lowest BCUT2D eigenvalue weighted by Crippen LogP contribution is -2.29. The van der Waals surface area contributed by atoms with Crippen molar-refractivity contribution in [3.63, 3.8) is 0 Å². The van der Waals surface area contributed by atoms with E-state index in [1.54, 1.807) is 18.5 Å². The monoisotopic (exact) mass is 516 g/mol. The molecule has 5 aromatic heterocycles. The summed E-state index contributed by atoms with van der Waals surface area (Å²) < 4.78 is 70.3. The summed E-state index contributed by atoms with van der Waals surface area (Å²) in [7, 11) is -4.41. The van der Waals surface area contributed by atoms with Gasteiger partial charge in [0.25, 0.3) is 0 Å². The molecule has 10 nitrogen and oxygen atoms in total. The third kappa shape index (κ3) is 3.73. The molecule has 0 atom stereocenters. The standard InChI is InChI=1S/C22H19F3N8O2S/c23-22(24,25)16-1-2-20-28-11-21(31(20)13-16)36(34,35)33-19-7-14(8-27-18(19)10-30-33)15-9-29-32(12-15)17-3-5-26-6-4-17/h1-2,7-13,17,26H,3-6H2. The highest BCUT2D eigenvalue weighted by Crippen LogP contribution is 2.31. The maximum absolute atomic E-state index is 13.5. The lowest BCUT2D eigenvalue weighted by atomic mass is 10.1. The molecular formula is C22H19F3N8O2S. The van der Waals surface area contributed by atoms with Crippen molar-refractivity contribution < 1.29 is 21.6 Å². The van der Waals surface area contributed by atoms with Crippen LogP contribution in [0.1, 0.15) is 24.4 Å². The number of alkyl halides is 3. The SMILES string of the molecule is O=S(=O)(c1cnc2ccc(C(F)(F)F)cn12)n1ncc2ncc(-c3cnn(C4CCNCC4)c3)cc21. The molecule has 0 aromatic carbocycles. The van der Waals surface area contributed by atoms with Crippen molar-refractivity contribution in [2.24, 2.45) is 0 Å². The van der Waals surface area contributed by atoms with Gasteiger partial charge in [0.15, 0.2) is 5.03 Å². The van der Waals surface area contributed by atoms with Crippen LogP contribution in [0.2, 0.25) is 0 Å². The van der Waals surface area contributed by atoms with Crippen LogP contribution in [0.15, 0.2) is 60.4 Å². The number of hydrogen-bond donors (Lipinski definition) is 1. The van der Waals surface area contributed by atoms with E-state index in [2.05, 4.69) is 25.5 Å². The van der Waals surface area contributed by atoms with Crippen LogP contribution >= 0.6 is 0 Å². The number of halogens is 3. The number of imidazole rings is 1. The van der Waals surface area contributed by atoms with Crippen LogP contribution < -0.4 is 5.32 Å². The zero-order chi connectivity index (χ0) is 25.1. The van der Waals surface area contributed by atoms with Crippen molar-refractivity contribution in [1.29, 1.82) is 0 Å². The minimum Gasteiger partial charge on any atom is -0.317 e. The molecule has 6 heterocycles. The zero-order valence-electron chi connectivity index (χ0n) is 18.6. The largest absolute Gasteiger partial charge is 0.417 e. The van der Waals surface area contributed by atoms with Crippen LogP contribution in [0.25, 0.3) is 27.8 Å². The van der Waals surface area contributed by atoms with E-state index in [0.717, 1.165) is 58.3 Å². The van der Waals surface area contributed by atoms with Gasteiger partial charge in [-0.3, -0.25) is 14.1 Å². The van der Waals surface area contributed by atoms with Gasteiger partial charge in [0.05, 0.1) is 30.2 Å². The average Bonchev–Trinajstić information content (AvgIpc) is 3.61. The van der Waals surface area contributed by atoms with Crippen molar-refractivity contribution in [2.75, 3.05) is 13.1 Å². The lowest BCUT2D eigenvalue weighted by molar-refractivity contribution is -0.137. The molecule has 0 aliphatic carbocycles. The Morgan fingerprint density at radius 3 is 2.53 bits per heavy atom. The predicted octanol–water partition coefficient (Wildman–Crippen LogP) is 3.12. The molecule has 186 valence electrons. The fraction of sp³-hybridized carbons (Fsp3) is 0.273. The molecule has 1 N–H and O–H groups in total. The van der Waals surface area contributed by atoms with Gasteiger partial charge in [-0.25, -0.2) is 4.98 Å². The van der Waals surface area contributed by atoms with Crippen molar-refractivity contribution in [3.05, 3.63) is 60.9 Å². The molecule has 0 radical (unpaired) electrons. The second kappa shape index (κ2) is 8.13. The first kappa shape index (κ1) is 22.7. The normalized spacial score (nSPS) is 15.8. The summed E-state index contributed by atoms with van der Waals surface area (Å²) in [5.74, 6) is 0. The van der Waals surface area contributed by atoms with Crippen molar-refractivity contribution in [2.45, 2.75) is 30.1 Å². The number of nitrogens with one attached hydrogen (secondary N) is 1. The molecule has 0 saturated carbocycles. The second-order valence-corrected chi connectivity index (χ2v) is 10.3. The molecule has 0 spiro atoms. The number of fused-ring (bicyclic) bond motifs is 2. The number of nitrogens with zero attached hydrogens (tertiary/aromatic N) is 7. The first-order chi connectivity index (χ1) is 17.2. The first-order valence-electron chi connectivity index (χ1n) is 11.1. The summed E-state index contributed by atoms with van der Waals surface area (Å²) in [6, 6.07) is 3.87. The molecule has 1 aliphatic heterocycles. The average molecular weight is 517 g/mol. The molecule has 1 saturated heterocycles. The Bertz CT molecular complexity index is 1700. The minimum absolute atomic E-state index is 0.0576. The van der Waals surface area contributed by atoms with Crippen LogP contribution in [0.5, 0.6) is 0 Å². The number of pyridine rings is 2. The highest BCUT2D eigenvalue weighted by atomic mass is 32.2. The summed E-state index contributed by atoms with van der Waals surface area (Å²) in [6.07, 6.45) is 5.49. The summed E-state index contributed by atoms with van der Waals surface area (Å²) >= 11 is 0. The van der Waals surface area contributed by atoms with E-state index >= 15 is 0 Å². The molecule has 36 heavy (non-hydrogen) atoms. The molecule has 14 heteroatoms. The Kier molecular flexibility index (Phi) is 5.12. The van der Waals surface area contributed by atoms with Crippen LogP contribution in [-0.4, -0.2) is 54.8 Å². The molecule has 1 aliphatic rings. The number of hydrogen-bond acceptors (Lipinski definition) is 7. The van der Waals surface area contributed by atoms with Gasteiger partial charge < -0.3 is 5.32 Å². The van der Waals surface area contributed by atoms with E-state index in [1.165, 1.54) is 6.20 Å². The molecule has 0 unspecified atom stereocenters. The quantitative estimate of drug-likeness (QED) is 0.391. The Labute approximate surface area is 202 Å². The van der Waals surface area contributed by atoms with E-state index in [0.29, 0.717) is 17.3 Å². The first-order valence-corrected chi connectivity index (χ1v) is 12.5. The Balaban J connectivity index is 1.42. The molecule has 1 fully saturated rings. The van der Waals surface area contributed by atoms with Crippen molar-refractivity contribution >= 4 is 26.7 Å². The third-order valence-electron chi connectivity index (χ3n) is 6.30. The van der Waals surface area contributed by atoms with Crippen LogP contribution in [-0.2, 0) is 16.2 Å². The molecule has 6 rings (SSSR count). The van der Waals surface area contributed by atoms with Gasteiger partial charge in [-0.1, -0.05) is 0 Å². The predicted molar refractivity (Wildman–Crippen MR) is 123 cm³/mol. The number of piperidine rings is 1. The molecule has 0 bridgehead atoms. The Morgan fingerprint density at radius 1 is 0.944 bits per heavy atom. The summed E-state index contributed by atoms with van der Waals surface area (Å²) in [4.78, 5) is 8.29. The highest BCUT2D eigenvalue weighted by molar-refractivity contribution is 7.90. The van der Waals surface area contributed by atoms with E-state index in [1.807, 2.05) is 10.9 Å². The summed E-state index contributed by atoms with van der Waals surface area (Å²) in [6.45, 7) is 1.83. The maximum atomic E-state index is 13.5. The van der Waals surface area contributed by atoms with Crippen molar-refractivity contribution in [1.82, 2.24) is 38.7 Å². The lowest BCUT2D eigenvalue weighted by Gasteiger charge is -2.22. The maximum Gasteiger partial charge on any atom is 0.417 e. The van der Waals surface area contributed by atoms with Gasteiger partial charge in [-0.15, -0.1) is 0 Å².